The summed E-state index contributed by atoms with van der Waals surface area (Å²) in [5, 5.41) is 0. The molecule has 0 fully saturated rings. The minimum atomic E-state index is -0.469. The predicted octanol–water partition coefficient (Wildman–Crippen LogP) is 1.91. The molecule has 0 aliphatic rings. The van der Waals surface area contributed by atoms with Crippen LogP contribution in [0.3, 0.4) is 0 Å². The summed E-state index contributed by atoms with van der Waals surface area (Å²) >= 11 is 0. The molecule has 0 bridgehead atoms. The number of rotatable bonds is 7. The molecule has 1 aromatic rings. The molecule has 0 spiro atoms. The molecule has 0 radical (unpaired) electrons. The molecule has 0 aliphatic carbocycles. The van der Waals surface area contributed by atoms with E-state index in [2.05, 4.69) is 47.6 Å². The first kappa shape index (κ1) is 18.9. The first-order valence-corrected chi connectivity index (χ1v) is 7.58. The molecule has 0 saturated heterocycles. The van der Waals surface area contributed by atoms with Crippen LogP contribution >= 0.6 is 0 Å². The van der Waals surface area contributed by atoms with Gasteiger partial charge in [-0.15, -0.1) is 0 Å². The van der Waals surface area contributed by atoms with Gasteiger partial charge in [-0.05, 0) is 0 Å². The molecular formula is C16H30BLiO. The fraction of sp³-hybridized carbons (Fsp3) is 0.750. The predicted molar refractivity (Wildman–Crippen MR) is 83.0 cm³/mol. The molecule has 0 saturated carbocycles. The van der Waals surface area contributed by atoms with Crippen molar-refractivity contribution in [3.8, 4) is 0 Å². The van der Waals surface area contributed by atoms with E-state index in [1.54, 1.807) is 0 Å². The van der Waals surface area contributed by atoms with Crippen LogP contribution in [0.4, 0.5) is 0 Å². The smallest absolute Gasteiger partial charge is 0.476 e. The van der Waals surface area contributed by atoms with Gasteiger partial charge < -0.3 is 4.42 Å². The van der Waals surface area contributed by atoms with Gasteiger partial charge in [0, 0.05) is 6.15 Å². The van der Waals surface area contributed by atoms with Crippen LogP contribution in [0, 0.1) is 17.8 Å². The van der Waals surface area contributed by atoms with Crippen molar-refractivity contribution in [1.82, 2.24) is 0 Å². The normalized spacial score (nSPS) is 12.3. The van der Waals surface area contributed by atoms with E-state index in [0.717, 1.165) is 17.8 Å². The summed E-state index contributed by atoms with van der Waals surface area (Å²) in [6, 6.07) is 2.20. The molecular weight excluding hydrogens is 226 g/mol. The third kappa shape index (κ3) is 5.84. The van der Waals surface area contributed by atoms with E-state index < -0.39 is 6.15 Å². The Labute approximate surface area is 132 Å². The summed E-state index contributed by atoms with van der Waals surface area (Å²) in [7, 11) is 0. The Morgan fingerprint density at radius 2 is 1.32 bits per heavy atom. The van der Waals surface area contributed by atoms with Gasteiger partial charge in [0.1, 0.15) is 0 Å². The molecule has 0 amide bonds. The number of hydrogen-bond acceptors (Lipinski definition) is 1. The van der Waals surface area contributed by atoms with Gasteiger partial charge in [0.05, 0.1) is 12.5 Å². The zero-order chi connectivity index (χ0) is 13.8. The SMILES string of the molecule is CC(C)C[B-](CC(C)C)(CC(C)C)c1ccoc1.[Li+]. The van der Waals surface area contributed by atoms with Crippen molar-refractivity contribution in [3.05, 3.63) is 18.6 Å². The molecule has 1 heterocycles. The third-order valence-corrected chi connectivity index (χ3v) is 4.02. The van der Waals surface area contributed by atoms with Crippen LogP contribution in [0.5, 0.6) is 0 Å². The second kappa shape index (κ2) is 8.28. The Hall–Kier alpha value is -0.0577. The average Bonchev–Trinajstić information content (AvgIpc) is 2.65. The first-order valence-electron chi connectivity index (χ1n) is 7.58. The topological polar surface area (TPSA) is 13.1 Å². The van der Waals surface area contributed by atoms with Crippen LogP contribution in [0.1, 0.15) is 41.5 Å². The van der Waals surface area contributed by atoms with Crippen LogP contribution in [0.15, 0.2) is 23.0 Å². The standard InChI is InChI=1S/C16H30BO.Li/c1-13(2)9-17(10-14(3)4,11-15(5)6)16-7-8-18-12-16;/h7-8,12-15H,9-11H2,1-6H3;/q-1;+1. The Balaban J connectivity index is 0.00000324. The van der Waals surface area contributed by atoms with Crippen LogP contribution in [0.25, 0.3) is 0 Å². The van der Waals surface area contributed by atoms with E-state index in [1.807, 2.05) is 12.5 Å². The van der Waals surface area contributed by atoms with Gasteiger partial charge in [-0.2, -0.15) is 24.4 Å². The molecule has 1 rings (SSSR count). The van der Waals surface area contributed by atoms with Gasteiger partial charge in [-0.1, -0.05) is 65.4 Å². The zero-order valence-electron chi connectivity index (χ0n) is 14.1. The van der Waals surface area contributed by atoms with E-state index in [4.69, 9.17) is 4.42 Å². The fourth-order valence-electron chi connectivity index (χ4n) is 4.03. The van der Waals surface area contributed by atoms with Crippen molar-refractivity contribution in [2.24, 2.45) is 17.8 Å². The Morgan fingerprint density at radius 3 is 1.58 bits per heavy atom. The quantitative estimate of drug-likeness (QED) is 0.679. The maximum absolute atomic E-state index is 5.38. The van der Waals surface area contributed by atoms with E-state index in [1.165, 1.54) is 24.4 Å². The summed E-state index contributed by atoms with van der Waals surface area (Å²) in [6.45, 7) is 14.1. The van der Waals surface area contributed by atoms with Crippen LogP contribution in [0.2, 0.25) is 19.0 Å². The molecule has 3 heteroatoms. The van der Waals surface area contributed by atoms with Gasteiger partial charge in [0.15, 0.2) is 0 Å². The zero-order valence-corrected chi connectivity index (χ0v) is 14.1. The Bertz CT molecular complexity index is 304. The summed E-state index contributed by atoms with van der Waals surface area (Å²) in [5.74, 6) is 2.24. The van der Waals surface area contributed by atoms with E-state index in [-0.39, 0.29) is 18.9 Å². The molecule has 1 nitrogen and oxygen atoms in total. The maximum atomic E-state index is 5.38. The van der Waals surface area contributed by atoms with Crippen molar-refractivity contribution >= 4 is 11.6 Å². The maximum Gasteiger partial charge on any atom is 1.00 e. The molecule has 1 aromatic heterocycles. The van der Waals surface area contributed by atoms with Gasteiger partial charge in [-0.25, -0.2) is 0 Å². The van der Waals surface area contributed by atoms with Gasteiger partial charge in [-0.3, -0.25) is 0 Å². The van der Waals surface area contributed by atoms with E-state index >= 15 is 0 Å². The average molecular weight is 256 g/mol. The second-order valence-corrected chi connectivity index (χ2v) is 7.42. The molecule has 104 valence electrons. The summed E-state index contributed by atoms with van der Waals surface area (Å²) in [4.78, 5) is 0. The van der Waals surface area contributed by atoms with Crippen LogP contribution in [-0.4, -0.2) is 6.15 Å². The minimum Gasteiger partial charge on any atom is -0.476 e. The molecule has 19 heavy (non-hydrogen) atoms. The molecule has 0 aliphatic heterocycles. The minimum absolute atomic E-state index is 0. The third-order valence-electron chi connectivity index (χ3n) is 4.02. The van der Waals surface area contributed by atoms with Crippen LogP contribution < -0.4 is 24.3 Å². The van der Waals surface area contributed by atoms with Gasteiger partial charge >= 0.3 is 18.9 Å². The largest absolute Gasteiger partial charge is 1.00 e. The summed E-state index contributed by atoms with van der Waals surface area (Å²) in [5.41, 5.74) is 1.46. The number of furan rings is 1. The monoisotopic (exact) mass is 256 g/mol. The van der Waals surface area contributed by atoms with Gasteiger partial charge in [0.2, 0.25) is 0 Å². The molecule has 0 aromatic carbocycles. The van der Waals surface area contributed by atoms with Crippen molar-refractivity contribution in [2.75, 3.05) is 0 Å². The van der Waals surface area contributed by atoms with Crippen molar-refractivity contribution in [1.29, 1.82) is 0 Å². The Morgan fingerprint density at radius 1 is 0.895 bits per heavy atom. The summed E-state index contributed by atoms with van der Waals surface area (Å²) < 4.78 is 5.38. The Kier molecular flexibility index (Phi) is 8.25. The summed E-state index contributed by atoms with van der Waals surface area (Å²) in [6.07, 6.45) is 7.31. The first-order chi connectivity index (χ1) is 8.35. The van der Waals surface area contributed by atoms with E-state index in [9.17, 15) is 0 Å². The molecule has 0 unspecified atom stereocenters. The van der Waals surface area contributed by atoms with E-state index in [0.29, 0.717) is 0 Å². The molecule has 0 N–H and O–H groups in total. The second-order valence-electron chi connectivity index (χ2n) is 7.42. The molecule has 0 atom stereocenters. The number of hydrogen-bond donors (Lipinski definition) is 0. The fourth-order valence-corrected chi connectivity index (χ4v) is 4.03. The van der Waals surface area contributed by atoms with Gasteiger partial charge in [0.25, 0.3) is 0 Å². The van der Waals surface area contributed by atoms with Crippen molar-refractivity contribution in [2.45, 2.75) is 60.5 Å². The van der Waals surface area contributed by atoms with Crippen molar-refractivity contribution in [3.63, 3.8) is 0 Å². The van der Waals surface area contributed by atoms with Crippen LogP contribution in [-0.2, 0) is 0 Å². The van der Waals surface area contributed by atoms with Crippen molar-refractivity contribution < 1.29 is 23.3 Å².